The Balaban J connectivity index is 1.90. The van der Waals surface area contributed by atoms with Gasteiger partial charge in [-0.1, -0.05) is 35.9 Å². The van der Waals surface area contributed by atoms with E-state index in [2.05, 4.69) is 11.9 Å². The van der Waals surface area contributed by atoms with E-state index in [9.17, 15) is 9.90 Å². The van der Waals surface area contributed by atoms with Crippen molar-refractivity contribution in [3.8, 4) is 11.5 Å². The van der Waals surface area contributed by atoms with Gasteiger partial charge in [-0.25, -0.2) is 0 Å². The predicted molar refractivity (Wildman–Crippen MR) is 114 cm³/mol. The minimum atomic E-state index is -0.248. The van der Waals surface area contributed by atoms with Gasteiger partial charge in [-0.15, -0.1) is 6.58 Å². The van der Waals surface area contributed by atoms with Crippen LogP contribution in [0.5, 0.6) is 11.5 Å². The Hall–Kier alpha value is -2.83. The first-order valence-electron chi connectivity index (χ1n) is 8.53. The van der Waals surface area contributed by atoms with E-state index in [-0.39, 0.29) is 18.2 Å². The predicted octanol–water partition coefficient (Wildman–Crippen LogP) is 4.04. The van der Waals surface area contributed by atoms with Crippen LogP contribution in [-0.4, -0.2) is 28.1 Å². The van der Waals surface area contributed by atoms with E-state index in [4.69, 9.17) is 28.6 Å². The number of hydrogen-bond acceptors (Lipinski definition) is 4. The van der Waals surface area contributed by atoms with E-state index >= 15 is 0 Å². The highest BCUT2D eigenvalue weighted by Crippen LogP contribution is 2.33. The average Bonchev–Trinajstić information content (AvgIpc) is 2.93. The van der Waals surface area contributed by atoms with Gasteiger partial charge in [0.1, 0.15) is 5.70 Å². The number of carbonyl (C=O) groups excluding carboxylic acids is 1. The molecule has 28 heavy (non-hydrogen) atoms. The molecule has 3 rings (SSSR count). The van der Waals surface area contributed by atoms with Crippen molar-refractivity contribution in [1.82, 2.24) is 10.2 Å². The lowest BCUT2D eigenvalue weighted by Gasteiger charge is -2.14. The Labute approximate surface area is 173 Å². The van der Waals surface area contributed by atoms with Gasteiger partial charge in [-0.3, -0.25) is 9.69 Å². The number of allylic oxidation sites excluding steroid dienone is 1. The maximum Gasteiger partial charge on any atom is 0.276 e. The van der Waals surface area contributed by atoms with Crippen LogP contribution in [0.25, 0.3) is 6.08 Å². The first kappa shape index (κ1) is 19.9. The number of rotatable bonds is 6. The van der Waals surface area contributed by atoms with E-state index in [0.717, 1.165) is 5.56 Å². The third-order valence-corrected chi connectivity index (χ3v) is 5.01. The standard InChI is InChI=1S/C21H19ClN2O3S/c1-3-6-14-9-13(11-18(27-2)19(14)25)10-17-20(26)24(21(28)23-17)12-15-7-4-5-8-16(15)22/h3-5,7-11,25H,1,6,12H2,2H3,(H,23,28). The molecule has 1 aliphatic heterocycles. The molecule has 1 fully saturated rings. The molecule has 0 radical (unpaired) electrons. The Bertz CT molecular complexity index is 988. The summed E-state index contributed by atoms with van der Waals surface area (Å²) in [7, 11) is 1.48. The van der Waals surface area contributed by atoms with Crippen molar-refractivity contribution in [3.63, 3.8) is 0 Å². The molecule has 2 N–H and O–H groups in total. The maximum absolute atomic E-state index is 12.8. The molecule has 5 nitrogen and oxygen atoms in total. The molecule has 2 aromatic carbocycles. The number of phenols is 1. The van der Waals surface area contributed by atoms with Crippen molar-refractivity contribution in [2.24, 2.45) is 0 Å². The molecule has 1 amide bonds. The van der Waals surface area contributed by atoms with Crippen molar-refractivity contribution >= 4 is 40.9 Å². The fourth-order valence-electron chi connectivity index (χ4n) is 2.92. The summed E-state index contributed by atoms with van der Waals surface area (Å²) in [4.78, 5) is 14.3. The number of ether oxygens (including phenoxy) is 1. The molecule has 0 aromatic heterocycles. The van der Waals surface area contributed by atoms with Crippen molar-refractivity contribution < 1.29 is 14.6 Å². The van der Waals surface area contributed by atoms with Crippen LogP contribution in [0.2, 0.25) is 5.02 Å². The van der Waals surface area contributed by atoms with E-state index in [0.29, 0.717) is 39.1 Å². The van der Waals surface area contributed by atoms with Crippen molar-refractivity contribution in [3.05, 3.63) is 76.5 Å². The second-order valence-electron chi connectivity index (χ2n) is 6.19. The molecular weight excluding hydrogens is 396 g/mol. The lowest BCUT2D eigenvalue weighted by Crippen LogP contribution is -2.30. The van der Waals surface area contributed by atoms with Crippen LogP contribution in [0.15, 0.2) is 54.8 Å². The van der Waals surface area contributed by atoms with Crippen LogP contribution < -0.4 is 10.1 Å². The lowest BCUT2D eigenvalue weighted by atomic mass is 10.0. The van der Waals surface area contributed by atoms with Crippen LogP contribution in [-0.2, 0) is 17.8 Å². The molecule has 144 valence electrons. The summed E-state index contributed by atoms with van der Waals surface area (Å²) < 4.78 is 5.23. The number of carbonyl (C=O) groups is 1. The van der Waals surface area contributed by atoms with Gasteiger partial charge in [0.15, 0.2) is 16.6 Å². The molecule has 1 saturated heterocycles. The molecule has 0 spiro atoms. The van der Waals surface area contributed by atoms with Crippen LogP contribution in [0.1, 0.15) is 16.7 Å². The van der Waals surface area contributed by atoms with E-state index in [1.807, 2.05) is 18.2 Å². The van der Waals surface area contributed by atoms with Crippen molar-refractivity contribution in [1.29, 1.82) is 0 Å². The first-order valence-corrected chi connectivity index (χ1v) is 9.32. The minimum Gasteiger partial charge on any atom is -0.504 e. The molecule has 0 bridgehead atoms. The molecule has 0 atom stereocenters. The van der Waals surface area contributed by atoms with Crippen molar-refractivity contribution in [2.45, 2.75) is 13.0 Å². The second kappa shape index (κ2) is 8.46. The molecule has 0 aliphatic carbocycles. The number of benzene rings is 2. The monoisotopic (exact) mass is 414 g/mol. The van der Waals surface area contributed by atoms with Crippen LogP contribution >= 0.6 is 23.8 Å². The fourth-order valence-corrected chi connectivity index (χ4v) is 3.37. The quantitative estimate of drug-likeness (QED) is 0.424. The third kappa shape index (κ3) is 4.03. The smallest absolute Gasteiger partial charge is 0.276 e. The van der Waals surface area contributed by atoms with Gasteiger partial charge in [-0.05, 0) is 54.0 Å². The average molecular weight is 415 g/mol. The minimum absolute atomic E-state index is 0.0612. The zero-order chi connectivity index (χ0) is 20.3. The van der Waals surface area contributed by atoms with Gasteiger partial charge in [0.2, 0.25) is 0 Å². The highest BCUT2D eigenvalue weighted by Gasteiger charge is 2.31. The van der Waals surface area contributed by atoms with Crippen molar-refractivity contribution in [2.75, 3.05) is 7.11 Å². The largest absolute Gasteiger partial charge is 0.504 e. The summed E-state index contributed by atoms with van der Waals surface area (Å²) in [6.07, 6.45) is 3.83. The number of halogens is 1. The van der Waals surface area contributed by atoms with E-state index < -0.39 is 0 Å². The zero-order valence-corrected chi connectivity index (χ0v) is 16.8. The molecule has 0 unspecified atom stereocenters. The molecular formula is C21H19ClN2O3S. The number of phenolic OH excluding ortho intramolecular Hbond substituents is 1. The Morgan fingerprint density at radius 2 is 2.07 bits per heavy atom. The number of hydrogen-bond donors (Lipinski definition) is 2. The highest BCUT2D eigenvalue weighted by atomic mass is 35.5. The third-order valence-electron chi connectivity index (χ3n) is 4.32. The van der Waals surface area contributed by atoms with Crippen LogP contribution in [0.3, 0.4) is 0 Å². The van der Waals surface area contributed by atoms with Crippen LogP contribution in [0, 0.1) is 0 Å². The summed E-state index contributed by atoms with van der Waals surface area (Å²) in [6.45, 7) is 3.98. The Kier molecular flexibility index (Phi) is 6.02. The molecule has 1 aliphatic rings. The first-order chi connectivity index (χ1) is 13.4. The number of aromatic hydroxyl groups is 1. The fraction of sp³-hybridized carbons (Fsp3) is 0.143. The number of thiocarbonyl (C=S) groups is 1. The van der Waals surface area contributed by atoms with Gasteiger partial charge in [0.05, 0.1) is 13.7 Å². The summed E-state index contributed by atoms with van der Waals surface area (Å²) in [5.74, 6) is 0.139. The van der Waals surface area contributed by atoms with Crippen LogP contribution in [0.4, 0.5) is 0 Å². The number of nitrogens with zero attached hydrogens (tertiary/aromatic N) is 1. The summed E-state index contributed by atoms with van der Waals surface area (Å²) in [6, 6.07) is 10.8. The number of amides is 1. The Morgan fingerprint density at radius 1 is 1.32 bits per heavy atom. The Morgan fingerprint density at radius 3 is 2.75 bits per heavy atom. The van der Waals surface area contributed by atoms with Gasteiger partial charge in [0.25, 0.3) is 5.91 Å². The van der Waals surface area contributed by atoms with Gasteiger partial charge < -0.3 is 15.2 Å². The van der Waals surface area contributed by atoms with E-state index in [1.54, 1.807) is 30.4 Å². The zero-order valence-electron chi connectivity index (χ0n) is 15.2. The molecule has 2 aromatic rings. The molecule has 1 heterocycles. The van der Waals surface area contributed by atoms with Gasteiger partial charge in [-0.2, -0.15) is 0 Å². The number of nitrogens with one attached hydrogen (secondary N) is 1. The number of methoxy groups -OCH3 is 1. The summed E-state index contributed by atoms with van der Waals surface area (Å²) >= 11 is 11.5. The van der Waals surface area contributed by atoms with Gasteiger partial charge in [0, 0.05) is 10.6 Å². The van der Waals surface area contributed by atoms with Gasteiger partial charge >= 0.3 is 0 Å². The SMILES string of the molecule is C=CCc1cc(C=C2NC(=S)N(Cc3ccccc3Cl)C2=O)cc(OC)c1O. The second-order valence-corrected chi connectivity index (χ2v) is 6.99. The molecule has 0 saturated carbocycles. The lowest BCUT2D eigenvalue weighted by molar-refractivity contribution is -0.122. The maximum atomic E-state index is 12.8. The summed E-state index contributed by atoms with van der Waals surface area (Å²) in [5, 5.41) is 14.1. The molecule has 7 heteroatoms. The highest BCUT2D eigenvalue weighted by molar-refractivity contribution is 7.80. The van der Waals surface area contributed by atoms with E-state index in [1.165, 1.54) is 12.0 Å². The normalized spacial score (nSPS) is 15.1. The topological polar surface area (TPSA) is 61.8 Å². The summed E-state index contributed by atoms with van der Waals surface area (Å²) in [5.41, 5.74) is 2.50.